The molecule has 3 amide bonds. The van der Waals surface area contributed by atoms with Crippen molar-refractivity contribution in [2.24, 2.45) is 0 Å². The molecule has 0 fully saturated rings. The maximum atomic E-state index is 12.0. The molecule has 0 bridgehead atoms. The lowest BCUT2D eigenvalue weighted by Crippen LogP contribution is -2.42. The van der Waals surface area contributed by atoms with Gasteiger partial charge in [-0.1, -0.05) is 6.07 Å². The van der Waals surface area contributed by atoms with E-state index in [2.05, 4.69) is 15.6 Å². The normalized spacial score (nSPS) is 10.6. The minimum atomic E-state index is -0.732. The predicted molar refractivity (Wildman–Crippen MR) is 99.8 cm³/mol. The van der Waals surface area contributed by atoms with Gasteiger partial charge in [-0.2, -0.15) is 0 Å². The van der Waals surface area contributed by atoms with Gasteiger partial charge in [-0.3, -0.25) is 10.1 Å². The fourth-order valence-corrected chi connectivity index (χ4v) is 3.06. The van der Waals surface area contributed by atoms with Crippen molar-refractivity contribution in [2.75, 3.05) is 13.2 Å². The highest BCUT2D eigenvalue weighted by atomic mass is 32.1. The van der Waals surface area contributed by atoms with Crippen LogP contribution in [-0.4, -0.2) is 40.4 Å². The Morgan fingerprint density at radius 1 is 1.30 bits per heavy atom. The number of aromatic nitrogens is 2. The van der Waals surface area contributed by atoms with E-state index in [1.165, 1.54) is 6.20 Å². The second kappa shape index (κ2) is 8.45. The van der Waals surface area contributed by atoms with Gasteiger partial charge in [-0.05, 0) is 42.5 Å². The summed E-state index contributed by atoms with van der Waals surface area (Å²) in [5.74, 6) is -1.44. The number of urea groups is 1. The Bertz CT molecular complexity index is 965. The van der Waals surface area contributed by atoms with Gasteiger partial charge in [0.05, 0.1) is 0 Å². The maximum Gasteiger partial charge on any atom is 0.359 e. The second-order valence-corrected chi connectivity index (χ2v) is 6.84. The van der Waals surface area contributed by atoms with Crippen LogP contribution in [0.3, 0.4) is 0 Å². The van der Waals surface area contributed by atoms with Crippen LogP contribution in [0.15, 0.2) is 42.0 Å². The van der Waals surface area contributed by atoms with Crippen LogP contribution in [0.2, 0.25) is 0 Å². The first-order valence-corrected chi connectivity index (χ1v) is 9.12. The lowest BCUT2D eigenvalue weighted by atomic mass is 10.3. The molecule has 0 radical (unpaired) electrons. The first kappa shape index (κ1) is 18.6. The Labute approximate surface area is 159 Å². The zero-order chi connectivity index (χ0) is 19.2. The first-order chi connectivity index (χ1) is 13.0. The minimum absolute atomic E-state index is 0.0915. The summed E-state index contributed by atoms with van der Waals surface area (Å²) < 4.78 is 6.59. The zero-order valence-electron chi connectivity index (χ0n) is 14.6. The van der Waals surface area contributed by atoms with Crippen molar-refractivity contribution in [1.29, 1.82) is 0 Å². The molecule has 2 N–H and O–H groups in total. The molecule has 0 saturated carbocycles. The Hall–Kier alpha value is -3.20. The molecule has 3 rings (SSSR count). The number of imide groups is 1. The molecule has 0 aromatic carbocycles. The summed E-state index contributed by atoms with van der Waals surface area (Å²) >= 11 is 1.60. The highest BCUT2D eigenvalue weighted by molar-refractivity contribution is 7.09. The molecule has 0 aliphatic rings. The van der Waals surface area contributed by atoms with E-state index < -0.39 is 24.5 Å². The average Bonchev–Trinajstić information content (AvgIpc) is 3.28. The van der Waals surface area contributed by atoms with Gasteiger partial charge < -0.3 is 14.5 Å². The van der Waals surface area contributed by atoms with Crippen LogP contribution in [0.5, 0.6) is 0 Å². The number of fused-ring (bicyclic) bond motifs is 1. The number of hydrogen-bond acceptors (Lipinski definition) is 6. The molecule has 0 aliphatic heterocycles. The number of ether oxygens (including phenoxy) is 1. The second-order valence-electron chi connectivity index (χ2n) is 5.81. The van der Waals surface area contributed by atoms with Gasteiger partial charge in [0, 0.05) is 23.8 Å². The van der Waals surface area contributed by atoms with Gasteiger partial charge >= 0.3 is 12.0 Å². The number of pyridine rings is 1. The van der Waals surface area contributed by atoms with Crippen LogP contribution in [0.25, 0.3) is 5.65 Å². The van der Waals surface area contributed by atoms with Crippen LogP contribution in [-0.2, 0) is 16.0 Å². The number of imidazole rings is 1. The van der Waals surface area contributed by atoms with Crippen molar-refractivity contribution in [3.05, 3.63) is 58.2 Å². The van der Waals surface area contributed by atoms with E-state index in [9.17, 15) is 14.4 Å². The molecule has 0 spiro atoms. The van der Waals surface area contributed by atoms with Crippen LogP contribution in [0, 0.1) is 6.92 Å². The molecule has 8 nitrogen and oxygen atoms in total. The number of esters is 1. The van der Waals surface area contributed by atoms with Crippen LogP contribution < -0.4 is 10.6 Å². The molecule has 0 atom stereocenters. The SMILES string of the molecule is Cc1ccn2cc(C(=O)OCC(=O)NC(=O)NCCc3cccs3)nc2c1. The predicted octanol–water partition coefficient (Wildman–Crippen LogP) is 1.93. The van der Waals surface area contributed by atoms with Crippen LogP contribution in [0.4, 0.5) is 4.79 Å². The van der Waals surface area contributed by atoms with Crippen molar-refractivity contribution in [1.82, 2.24) is 20.0 Å². The number of rotatable bonds is 6. The monoisotopic (exact) mass is 386 g/mol. The lowest BCUT2D eigenvalue weighted by Gasteiger charge is -2.06. The van der Waals surface area contributed by atoms with E-state index >= 15 is 0 Å². The van der Waals surface area contributed by atoms with Crippen molar-refractivity contribution < 1.29 is 19.1 Å². The molecular formula is C18H18N4O4S. The summed E-state index contributed by atoms with van der Waals surface area (Å²) in [7, 11) is 0. The molecule has 3 aromatic heterocycles. The Morgan fingerprint density at radius 2 is 2.15 bits per heavy atom. The van der Waals surface area contributed by atoms with Gasteiger partial charge in [0.2, 0.25) is 0 Å². The quantitative estimate of drug-likeness (QED) is 0.631. The highest BCUT2D eigenvalue weighted by Crippen LogP contribution is 2.09. The summed E-state index contributed by atoms with van der Waals surface area (Å²) in [6, 6.07) is 6.98. The highest BCUT2D eigenvalue weighted by Gasteiger charge is 2.15. The Balaban J connectivity index is 1.42. The Kier molecular flexibility index (Phi) is 5.82. The van der Waals surface area contributed by atoms with Crippen LogP contribution in [0.1, 0.15) is 20.9 Å². The number of aryl methyl sites for hydroxylation is 1. The summed E-state index contributed by atoms with van der Waals surface area (Å²) in [4.78, 5) is 40.7. The van der Waals surface area contributed by atoms with Gasteiger partial charge in [-0.25, -0.2) is 14.6 Å². The molecule has 9 heteroatoms. The summed E-state index contributed by atoms with van der Waals surface area (Å²) in [6.45, 7) is 1.76. The van der Waals surface area contributed by atoms with E-state index in [-0.39, 0.29) is 5.69 Å². The van der Waals surface area contributed by atoms with Gasteiger partial charge in [0.1, 0.15) is 5.65 Å². The van der Waals surface area contributed by atoms with E-state index in [0.717, 1.165) is 10.4 Å². The number of amides is 3. The topological polar surface area (TPSA) is 102 Å². The fraction of sp³-hybridized carbons (Fsp3) is 0.222. The van der Waals surface area contributed by atoms with Crippen molar-refractivity contribution in [2.45, 2.75) is 13.3 Å². The molecule has 0 aliphatic carbocycles. The first-order valence-electron chi connectivity index (χ1n) is 8.24. The largest absolute Gasteiger partial charge is 0.451 e. The third-order valence-corrected chi connectivity index (χ3v) is 4.59. The summed E-state index contributed by atoms with van der Waals surface area (Å²) in [5.41, 5.74) is 1.71. The average molecular weight is 386 g/mol. The van der Waals surface area contributed by atoms with Crippen molar-refractivity contribution >= 4 is 34.9 Å². The molecule has 0 unspecified atom stereocenters. The maximum absolute atomic E-state index is 12.0. The van der Waals surface area contributed by atoms with Gasteiger partial charge in [-0.15, -0.1) is 11.3 Å². The summed E-state index contributed by atoms with van der Waals surface area (Å²) in [5, 5.41) is 6.64. The molecule has 140 valence electrons. The molecule has 3 aromatic rings. The van der Waals surface area contributed by atoms with E-state index in [1.807, 2.05) is 36.6 Å². The number of nitrogens with zero attached hydrogens (tertiary/aromatic N) is 2. The number of carbonyl (C=O) groups is 3. The summed E-state index contributed by atoms with van der Waals surface area (Å²) in [6.07, 6.45) is 3.98. The molecule has 3 heterocycles. The number of nitrogens with one attached hydrogen (secondary N) is 2. The zero-order valence-corrected chi connectivity index (χ0v) is 15.4. The molecule has 0 saturated heterocycles. The number of thiophene rings is 1. The standard InChI is InChI=1S/C18H18N4O4S/c1-12-5-7-22-10-14(20-15(22)9-12)17(24)26-11-16(23)21-18(25)19-6-4-13-3-2-8-27-13/h2-3,5,7-10H,4,6,11H2,1H3,(H2,19,21,23,25). The van der Waals surface area contributed by atoms with Crippen molar-refractivity contribution in [3.8, 4) is 0 Å². The van der Waals surface area contributed by atoms with Gasteiger partial charge in [0.25, 0.3) is 5.91 Å². The third kappa shape index (κ3) is 5.14. The van der Waals surface area contributed by atoms with Crippen molar-refractivity contribution in [3.63, 3.8) is 0 Å². The number of hydrogen-bond donors (Lipinski definition) is 2. The molecule has 27 heavy (non-hydrogen) atoms. The Morgan fingerprint density at radius 3 is 2.93 bits per heavy atom. The lowest BCUT2D eigenvalue weighted by molar-refractivity contribution is -0.123. The van der Waals surface area contributed by atoms with E-state index in [4.69, 9.17) is 4.74 Å². The van der Waals surface area contributed by atoms with Crippen LogP contribution >= 0.6 is 11.3 Å². The molecular weight excluding hydrogens is 368 g/mol. The van der Waals surface area contributed by atoms with E-state index in [0.29, 0.717) is 18.6 Å². The minimum Gasteiger partial charge on any atom is -0.451 e. The number of carbonyl (C=O) groups excluding carboxylic acids is 3. The van der Waals surface area contributed by atoms with Gasteiger partial charge in [0.15, 0.2) is 12.3 Å². The smallest absolute Gasteiger partial charge is 0.359 e. The fourth-order valence-electron chi connectivity index (χ4n) is 2.35. The van der Waals surface area contributed by atoms with E-state index in [1.54, 1.807) is 21.9 Å². The third-order valence-electron chi connectivity index (χ3n) is 3.65.